The number of aromatic nitrogens is 4. The number of nitrogens with one attached hydrogen (secondary N) is 2. The Bertz CT molecular complexity index is 1120. The number of nitrogens with zero attached hydrogens (tertiary/aromatic N) is 5. The molecule has 3 aromatic rings. The molecule has 9 heteroatoms. The third kappa shape index (κ3) is 4.32. The minimum Gasteiger partial charge on any atom is -0.336 e. The number of hydrogen-bond donors (Lipinski definition) is 2. The molecule has 0 spiro atoms. The van der Waals surface area contributed by atoms with Gasteiger partial charge in [0.1, 0.15) is 5.52 Å². The number of rotatable bonds is 6. The summed E-state index contributed by atoms with van der Waals surface area (Å²) < 4.78 is 1.70. The van der Waals surface area contributed by atoms with Crippen molar-refractivity contribution in [3.05, 3.63) is 46.5 Å². The van der Waals surface area contributed by atoms with Crippen molar-refractivity contribution in [1.29, 1.82) is 0 Å². The van der Waals surface area contributed by atoms with Crippen LogP contribution in [0.15, 0.2) is 35.3 Å². The fourth-order valence-electron chi connectivity index (χ4n) is 4.02. The number of amides is 1. The lowest BCUT2D eigenvalue weighted by molar-refractivity contribution is 0.0664. The lowest BCUT2D eigenvalue weighted by Crippen LogP contribution is -2.47. The van der Waals surface area contributed by atoms with E-state index in [0.29, 0.717) is 22.7 Å². The van der Waals surface area contributed by atoms with E-state index in [1.54, 1.807) is 10.8 Å². The number of piperazine rings is 1. The van der Waals surface area contributed by atoms with E-state index in [4.69, 9.17) is 0 Å². The molecule has 2 aromatic heterocycles. The third-order valence-corrected chi connectivity index (χ3v) is 5.92. The zero-order valence-corrected chi connectivity index (χ0v) is 18.3. The van der Waals surface area contributed by atoms with Gasteiger partial charge in [0.15, 0.2) is 5.65 Å². The van der Waals surface area contributed by atoms with Crippen LogP contribution in [0.2, 0.25) is 0 Å². The van der Waals surface area contributed by atoms with Gasteiger partial charge in [-0.15, -0.1) is 0 Å². The van der Waals surface area contributed by atoms with Gasteiger partial charge in [-0.1, -0.05) is 19.9 Å². The van der Waals surface area contributed by atoms with Crippen LogP contribution in [-0.2, 0) is 0 Å². The molecule has 0 radical (unpaired) electrons. The summed E-state index contributed by atoms with van der Waals surface area (Å²) in [6, 6.07) is 7.44. The fourth-order valence-corrected chi connectivity index (χ4v) is 4.02. The molecule has 1 fully saturated rings. The molecule has 3 heterocycles. The fraction of sp³-hybridized carbons (Fsp3) is 0.455. The van der Waals surface area contributed by atoms with Gasteiger partial charge in [0.05, 0.1) is 6.20 Å². The number of likely N-dealkylation sites (N-methyl/N-ethyl adjacent to an activating group) is 1. The number of anilines is 2. The molecule has 1 aliphatic rings. The molecule has 1 saturated heterocycles. The number of benzene rings is 1. The van der Waals surface area contributed by atoms with E-state index >= 15 is 0 Å². The Balaban J connectivity index is 1.58. The average Bonchev–Trinajstić information content (AvgIpc) is 3.10. The third-order valence-electron chi connectivity index (χ3n) is 5.92. The highest BCUT2D eigenvalue weighted by Crippen LogP contribution is 2.21. The van der Waals surface area contributed by atoms with E-state index in [9.17, 15) is 9.59 Å². The van der Waals surface area contributed by atoms with Gasteiger partial charge in [0, 0.05) is 43.5 Å². The summed E-state index contributed by atoms with van der Waals surface area (Å²) in [4.78, 5) is 41.2. The molecule has 9 nitrogen and oxygen atoms in total. The maximum Gasteiger partial charge on any atom is 0.327 e. The molecule has 0 unspecified atom stereocenters. The quantitative estimate of drug-likeness (QED) is 0.632. The Morgan fingerprint density at radius 2 is 1.94 bits per heavy atom. The number of H-pyrrole nitrogens is 1. The summed E-state index contributed by atoms with van der Waals surface area (Å²) in [5.41, 5.74) is 2.38. The van der Waals surface area contributed by atoms with Crippen molar-refractivity contribution in [2.75, 3.05) is 38.5 Å². The summed E-state index contributed by atoms with van der Waals surface area (Å²) in [6.45, 7) is 7.34. The van der Waals surface area contributed by atoms with Crippen LogP contribution in [0.4, 0.5) is 11.6 Å². The number of hydrogen-bond acceptors (Lipinski definition) is 6. The van der Waals surface area contributed by atoms with E-state index in [1.807, 2.05) is 29.2 Å². The lowest BCUT2D eigenvalue weighted by atomic mass is 10.1. The Morgan fingerprint density at radius 1 is 1.19 bits per heavy atom. The first-order chi connectivity index (χ1) is 15.0. The molecule has 0 atom stereocenters. The zero-order valence-electron chi connectivity index (χ0n) is 18.3. The monoisotopic (exact) mass is 423 g/mol. The summed E-state index contributed by atoms with van der Waals surface area (Å²) in [6.07, 6.45) is 3.29. The summed E-state index contributed by atoms with van der Waals surface area (Å²) in [5.74, 6) is 0.414. The average molecular weight is 424 g/mol. The molecule has 1 amide bonds. The SMILES string of the molecule is CCC(CC)n1c(=O)[nH]c2cnc(Nc3cccc(C(=O)N4CCN(C)CC4)c3)nc21. The van der Waals surface area contributed by atoms with Crippen LogP contribution in [-0.4, -0.2) is 68.5 Å². The van der Waals surface area contributed by atoms with Crippen molar-refractivity contribution in [1.82, 2.24) is 29.3 Å². The van der Waals surface area contributed by atoms with Gasteiger partial charge >= 0.3 is 5.69 Å². The van der Waals surface area contributed by atoms with Gasteiger partial charge in [-0.3, -0.25) is 9.36 Å². The molecule has 0 aliphatic carbocycles. The maximum absolute atomic E-state index is 12.9. The van der Waals surface area contributed by atoms with Crippen molar-refractivity contribution in [2.24, 2.45) is 0 Å². The normalized spacial score (nSPS) is 15.0. The van der Waals surface area contributed by atoms with Crippen molar-refractivity contribution >= 4 is 28.7 Å². The zero-order chi connectivity index (χ0) is 22.0. The first-order valence-electron chi connectivity index (χ1n) is 10.8. The number of imidazole rings is 1. The largest absolute Gasteiger partial charge is 0.336 e. The van der Waals surface area contributed by atoms with E-state index in [-0.39, 0.29) is 17.6 Å². The Hall–Kier alpha value is -3.20. The molecule has 164 valence electrons. The van der Waals surface area contributed by atoms with E-state index in [2.05, 4.69) is 46.1 Å². The second kappa shape index (κ2) is 8.89. The molecule has 0 saturated carbocycles. The first kappa shape index (κ1) is 21.0. The highest BCUT2D eigenvalue weighted by Gasteiger charge is 2.21. The van der Waals surface area contributed by atoms with Crippen molar-refractivity contribution in [2.45, 2.75) is 32.7 Å². The molecule has 1 aromatic carbocycles. The van der Waals surface area contributed by atoms with Crippen LogP contribution < -0.4 is 11.0 Å². The maximum atomic E-state index is 12.9. The molecular weight excluding hydrogens is 394 g/mol. The molecule has 31 heavy (non-hydrogen) atoms. The van der Waals surface area contributed by atoms with Gasteiger partial charge < -0.3 is 20.1 Å². The lowest BCUT2D eigenvalue weighted by Gasteiger charge is -2.32. The van der Waals surface area contributed by atoms with Gasteiger partial charge in [0.25, 0.3) is 5.91 Å². The molecule has 2 N–H and O–H groups in total. The highest BCUT2D eigenvalue weighted by molar-refractivity contribution is 5.95. The molecular formula is C22H29N7O2. The smallest absolute Gasteiger partial charge is 0.327 e. The molecule has 0 bridgehead atoms. The minimum absolute atomic E-state index is 0.0290. The second-order valence-corrected chi connectivity index (χ2v) is 8.00. The topological polar surface area (TPSA) is 99.1 Å². The predicted molar refractivity (Wildman–Crippen MR) is 121 cm³/mol. The predicted octanol–water partition coefficient (Wildman–Crippen LogP) is 2.61. The van der Waals surface area contributed by atoms with Crippen molar-refractivity contribution in [3.8, 4) is 0 Å². The molecule has 1 aliphatic heterocycles. The van der Waals surface area contributed by atoms with Gasteiger partial charge in [-0.05, 0) is 38.1 Å². The number of carbonyl (C=O) groups excluding carboxylic acids is 1. The van der Waals surface area contributed by atoms with Gasteiger partial charge in [-0.25, -0.2) is 9.78 Å². The van der Waals surface area contributed by atoms with Gasteiger partial charge in [-0.2, -0.15) is 4.98 Å². The number of aromatic amines is 1. The Morgan fingerprint density at radius 3 is 2.65 bits per heavy atom. The first-order valence-corrected chi connectivity index (χ1v) is 10.8. The minimum atomic E-state index is -0.171. The van der Waals surface area contributed by atoms with E-state index < -0.39 is 0 Å². The highest BCUT2D eigenvalue weighted by atomic mass is 16.2. The second-order valence-electron chi connectivity index (χ2n) is 8.00. The van der Waals surface area contributed by atoms with Crippen LogP contribution in [0.1, 0.15) is 43.1 Å². The van der Waals surface area contributed by atoms with Crippen molar-refractivity contribution in [3.63, 3.8) is 0 Å². The Kier molecular flexibility index (Phi) is 6.03. The summed E-state index contributed by atoms with van der Waals surface area (Å²) in [7, 11) is 2.07. The van der Waals surface area contributed by atoms with Crippen molar-refractivity contribution < 1.29 is 4.79 Å². The summed E-state index contributed by atoms with van der Waals surface area (Å²) in [5, 5.41) is 3.18. The molecule has 4 rings (SSSR count). The van der Waals surface area contributed by atoms with Crippen LogP contribution in [0.5, 0.6) is 0 Å². The van der Waals surface area contributed by atoms with Crippen LogP contribution in [0.3, 0.4) is 0 Å². The van der Waals surface area contributed by atoms with Crippen LogP contribution >= 0.6 is 0 Å². The Labute approximate surface area is 181 Å². The summed E-state index contributed by atoms with van der Waals surface area (Å²) >= 11 is 0. The van der Waals surface area contributed by atoms with E-state index in [1.165, 1.54) is 0 Å². The van der Waals surface area contributed by atoms with Gasteiger partial charge in [0.2, 0.25) is 5.95 Å². The van der Waals surface area contributed by atoms with Crippen LogP contribution in [0, 0.1) is 0 Å². The van der Waals surface area contributed by atoms with Crippen LogP contribution in [0.25, 0.3) is 11.2 Å². The van der Waals surface area contributed by atoms with E-state index in [0.717, 1.165) is 44.7 Å². The number of fused-ring (bicyclic) bond motifs is 1. The standard InChI is InChI=1S/C22H29N7O2/c1-4-17(5-2)29-19-18(25-22(29)31)14-23-21(26-19)24-16-8-6-7-15(13-16)20(30)28-11-9-27(3)10-12-28/h6-8,13-14,17H,4-5,9-12H2,1-3H3,(H,25,31)(H,23,24,26). The number of carbonyl (C=O) groups is 1.